The highest BCUT2D eigenvalue weighted by atomic mass is 16.4. The average Bonchev–Trinajstić information content (AvgIpc) is 1.85. The standard InChI is InChI=1S/C7H13NO3/c1-8-4-2-3-5(9)6(8)7(10)11/h5-6,9H,2-4H2,1H3,(H,10,11)/t5-,6-/m0/s1. The van der Waals surface area contributed by atoms with Gasteiger partial charge in [0.15, 0.2) is 0 Å². The average molecular weight is 159 g/mol. The number of carboxylic acids is 1. The summed E-state index contributed by atoms with van der Waals surface area (Å²) < 4.78 is 0. The van der Waals surface area contributed by atoms with Crippen LogP contribution >= 0.6 is 0 Å². The van der Waals surface area contributed by atoms with E-state index in [0.29, 0.717) is 6.42 Å². The quantitative estimate of drug-likeness (QED) is 0.543. The minimum absolute atomic E-state index is 0.599. The highest BCUT2D eigenvalue weighted by Gasteiger charge is 2.33. The third-order valence-corrected chi connectivity index (χ3v) is 2.10. The first kappa shape index (κ1) is 8.49. The second-order valence-corrected chi connectivity index (χ2v) is 2.97. The number of aliphatic carboxylic acids is 1. The van der Waals surface area contributed by atoms with Gasteiger partial charge in [0.2, 0.25) is 0 Å². The van der Waals surface area contributed by atoms with Crippen molar-refractivity contribution in [3.63, 3.8) is 0 Å². The van der Waals surface area contributed by atoms with Gasteiger partial charge in [0.1, 0.15) is 6.04 Å². The van der Waals surface area contributed by atoms with Crippen molar-refractivity contribution >= 4 is 5.97 Å². The third-order valence-electron chi connectivity index (χ3n) is 2.10. The Balaban J connectivity index is 2.62. The van der Waals surface area contributed by atoms with Crippen LogP contribution < -0.4 is 0 Å². The van der Waals surface area contributed by atoms with Crippen LogP contribution in [0, 0.1) is 0 Å². The summed E-state index contributed by atoms with van der Waals surface area (Å²) in [5.41, 5.74) is 0. The van der Waals surface area contributed by atoms with Crippen LogP contribution in [0.15, 0.2) is 0 Å². The zero-order valence-electron chi connectivity index (χ0n) is 6.53. The van der Waals surface area contributed by atoms with Gasteiger partial charge < -0.3 is 10.2 Å². The molecule has 0 bridgehead atoms. The molecule has 11 heavy (non-hydrogen) atoms. The van der Waals surface area contributed by atoms with Crippen LogP contribution in [0.2, 0.25) is 0 Å². The molecule has 4 heteroatoms. The highest BCUT2D eigenvalue weighted by molar-refractivity contribution is 5.74. The molecule has 0 unspecified atom stereocenters. The van der Waals surface area contributed by atoms with Crippen LogP contribution in [-0.4, -0.2) is 46.8 Å². The Labute approximate surface area is 65.4 Å². The molecule has 1 aliphatic heterocycles. The molecule has 0 amide bonds. The molecule has 1 heterocycles. The van der Waals surface area contributed by atoms with E-state index >= 15 is 0 Å². The number of aliphatic hydroxyl groups is 1. The molecule has 1 saturated heterocycles. The number of aliphatic hydroxyl groups excluding tert-OH is 1. The smallest absolute Gasteiger partial charge is 0.323 e. The van der Waals surface area contributed by atoms with E-state index in [1.807, 2.05) is 0 Å². The molecule has 0 aromatic rings. The molecular weight excluding hydrogens is 146 g/mol. The lowest BCUT2D eigenvalue weighted by Gasteiger charge is -2.33. The fraction of sp³-hybridized carbons (Fsp3) is 0.857. The summed E-state index contributed by atoms with van der Waals surface area (Å²) in [7, 11) is 1.72. The first-order chi connectivity index (χ1) is 5.13. The maximum atomic E-state index is 10.6. The second-order valence-electron chi connectivity index (χ2n) is 2.97. The molecule has 1 rings (SSSR count). The van der Waals surface area contributed by atoms with Gasteiger partial charge in [0.25, 0.3) is 0 Å². The van der Waals surface area contributed by atoms with Gasteiger partial charge in [0, 0.05) is 0 Å². The predicted molar refractivity (Wildman–Crippen MR) is 39.3 cm³/mol. The van der Waals surface area contributed by atoms with Gasteiger partial charge in [-0.3, -0.25) is 9.69 Å². The lowest BCUT2D eigenvalue weighted by Crippen LogP contribution is -2.50. The number of likely N-dealkylation sites (tertiary alicyclic amines) is 1. The first-order valence-corrected chi connectivity index (χ1v) is 3.74. The molecule has 2 atom stereocenters. The molecule has 0 aromatic carbocycles. The predicted octanol–water partition coefficient (Wildman–Crippen LogP) is -0.474. The first-order valence-electron chi connectivity index (χ1n) is 3.74. The zero-order chi connectivity index (χ0) is 8.43. The summed E-state index contributed by atoms with van der Waals surface area (Å²) in [5, 5.41) is 18.0. The second kappa shape index (κ2) is 3.19. The fourth-order valence-electron chi connectivity index (χ4n) is 1.49. The monoisotopic (exact) mass is 159 g/mol. The number of carbonyl (C=O) groups is 1. The number of piperidine rings is 1. The van der Waals surface area contributed by atoms with Crippen molar-refractivity contribution in [2.45, 2.75) is 25.0 Å². The largest absolute Gasteiger partial charge is 0.480 e. The maximum Gasteiger partial charge on any atom is 0.323 e. The van der Waals surface area contributed by atoms with E-state index < -0.39 is 18.1 Å². The van der Waals surface area contributed by atoms with E-state index in [0.717, 1.165) is 13.0 Å². The Bertz CT molecular complexity index is 150. The summed E-state index contributed by atoms with van der Waals surface area (Å²) in [5.74, 6) is -0.931. The number of hydrogen-bond acceptors (Lipinski definition) is 3. The van der Waals surface area contributed by atoms with Crippen LogP contribution in [0.3, 0.4) is 0 Å². The van der Waals surface area contributed by atoms with Crippen molar-refractivity contribution in [1.82, 2.24) is 4.90 Å². The number of nitrogens with zero attached hydrogens (tertiary/aromatic N) is 1. The lowest BCUT2D eigenvalue weighted by molar-refractivity contribution is -0.149. The van der Waals surface area contributed by atoms with Crippen LogP contribution in [-0.2, 0) is 4.79 Å². The van der Waals surface area contributed by atoms with Crippen molar-refractivity contribution in [3.05, 3.63) is 0 Å². The molecule has 0 aliphatic carbocycles. The van der Waals surface area contributed by atoms with Crippen molar-refractivity contribution in [1.29, 1.82) is 0 Å². The Morgan fingerprint density at radius 3 is 2.64 bits per heavy atom. The van der Waals surface area contributed by atoms with Gasteiger partial charge in [-0.25, -0.2) is 0 Å². The number of rotatable bonds is 1. The van der Waals surface area contributed by atoms with Crippen LogP contribution in [0.5, 0.6) is 0 Å². The lowest BCUT2D eigenvalue weighted by atomic mass is 10.00. The van der Waals surface area contributed by atoms with E-state index in [9.17, 15) is 9.90 Å². The number of likely N-dealkylation sites (N-methyl/N-ethyl adjacent to an activating group) is 1. The summed E-state index contributed by atoms with van der Waals surface area (Å²) in [4.78, 5) is 12.3. The van der Waals surface area contributed by atoms with Crippen molar-refractivity contribution < 1.29 is 15.0 Å². The van der Waals surface area contributed by atoms with E-state index in [-0.39, 0.29) is 0 Å². The molecule has 0 aromatic heterocycles. The van der Waals surface area contributed by atoms with Crippen molar-refractivity contribution in [2.75, 3.05) is 13.6 Å². The van der Waals surface area contributed by atoms with Crippen LogP contribution in [0.25, 0.3) is 0 Å². The van der Waals surface area contributed by atoms with Gasteiger partial charge in [-0.1, -0.05) is 0 Å². The third kappa shape index (κ3) is 1.70. The number of hydrogen-bond donors (Lipinski definition) is 2. The van der Waals surface area contributed by atoms with Gasteiger partial charge >= 0.3 is 5.97 Å². The van der Waals surface area contributed by atoms with E-state index in [1.165, 1.54) is 0 Å². The Morgan fingerprint density at radius 2 is 2.27 bits per heavy atom. The molecule has 2 N–H and O–H groups in total. The zero-order valence-corrected chi connectivity index (χ0v) is 6.53. The van der Waals surface area contributed by atoms with E-state index in [4.69, 9.17) is 5.11 Å². The van der Waals surface area contributed by atoms with Crippen molar-refractivity contribution in [2.24, 2.45) is 0 Å². The van der Waals surface area contributed by atoms with Crippen LogP contribution in [0.1, 0.15) is 12.8 Å². The summed E-state index contributed by atoms with van der Waals surface area (Å²) >= 11 is 0. The summed E-state index contributed by atoms with van der Waals surface area (Å²) in [6, 6.07) is -0.705. The minimum Gasteiger partial charge on any atom is -0.480 e. The van der Waals surface area contributed by atoms with Crippen LogP contribution in [0.4, 0.5) is 0 Å². The molecule has 0 spiro atoms. The molecule has 1 aliphatic rings. The highest BCUT2D eigenvalue weighted by Crippen LogP contribution is 2.15. The molecular formula is C7H13NO3. The maximum absolute atomic E-state index is 10.6. The molecule has 0 saturated carbocycles. The molecule has 64 valence electrons. The molecule has 0 radical (unpaired) electrons. The minimum atomic E-state index is -0.931. The van der Waals surface area contributed by atoms with E-state index in [2.05, 4.69) is 0 Å². The Morgan fingerprint density at radius 1 is 1.64 bits per heavy atom. The van der Waals surface area contributed by atoms with Gasteiger partial charge in [-0.2, -0.15) is 0 Å². The van der Waals surface area contributed by atoms with E-state index in [1.54, 1.807) is 11.9 Å². The normalized spacial score (nSPS) is 33.6. The molecule has 4 nitrogen and oxygen atoms in total. The number of carboxylic acid groups (broad SMARTS) is 1. The van der Waals surface area contributed by atoms with Gasteiger partial charge in [-0.05, 0) is 26.4 Å². The summed E-state index contributed by atoms with van der Waals surface area (Å²) in [6.07, 6.45) is 0.772. The molecule has 1 fully saturated rings. The van der Waals surface area contributed by atoms with Gasteiger partial charge in [-0.15, -0.1) is 0 Å². The summed E-state index contributed by atoms with van der Waals surface area (Å²) in [6.45, 7) is 0.758. The Kier molecular flexibility index (Phi) is 2.46. The Hall–Kier alpha value is -0.610. The fourth-order valence-corrected chi connectivity index (χ4v) is 1.49. The topological polar surface area (TPSA) is 60.8 Å². The SMILES string of the molecule is CN1CCC[C@H](O)[C@H]1C(=O)O. The van der Waals surface area contributed by atoms with Gasteiger partial charge in [0.05, 0.1) is 6.10 Å². The van der Waals surface area contributed by atoms with Crippen molar-refractivity contribution in [3.8, 4) is 0 Å².